The zero-order valence-electron chi connectivity index (χ0n) is 11.2. The third kappa shape index (κ3) is 1.93. The van der Waals surface area contributed by atoms with Crippen LogP contribution in [0, 0.1) is 13.8 Å². The topological polar surface area (TPSA) is 26.3 Å². The van der Waals surface area contributed by atoms with Crippen molar-refractivity contribution in [3.63, 3.8) is 0 Å². The van der Waals surface area contributed by atoms with Gasteiger partial charge in [-0.3, -0.25) is 4.79 Å². The maximum Gasteiger partial charge on any atom is 0.197 e. The lowest BCUT2D eigenvalue weighted by Gasteiger charge is -2.11. The summed E-state index contributed by atoms with van der Waals surface area (Å²) in [6.07, 6.45) is 0.892. The van der Waals surface area contributed by atoms with Crippen LogP contribution in [-0.4, -0.2) is 12.4 Å². The van der Waals surface area contributed by atoms with Crippen LogP contribution in [0.25, 0.3) is 0 Å². The Kier molecular flexibility index (Phi) is 2.86. The number of fused-ring (bicyclic) bond motifs is 1. The maximum absolute atomic E-state index is 12.8. The molecule has 0 bridgehead atoms. The number of carbonyl (C=O) groups excluding carboxylic acids is 1. The molecule has 2 aromatic rings. The lowest BCUT2D eigenvalue weighted by molar-refractivity contribution is 0.103. The molecule has 96 valence electrons. The minimum absolute atomic E-state index is 0.0642. The van der Waals surface area contributed by atoms with Gasteiger partial charge in [-0.15, -0.1) is 0 Å². The van der Waals surface area contributed by atoms with E-state index in [-0.39, 0.29) is 5.78 Å². The Bertz CT molecular complexity index is 636. The van der Waals surface area contributed by atoms with Gasteiger partial charge in [-0.05, 0) is 36.6 Å². The van der Waals surface area contributed by atoms with Crippen LogP contribution >= 0.6 is 0 Å². The number of ether oxygens (including phenoxy) is 1. The van der Waals surface area contributed by atoms with Crippen LogP contribution in [0.4, 0.5) is 0 Å². The monoisotopic (exact) mass is 252 g/mol. The first-order chi connectivity index (χ1) is 9.18. The van der Waals surface area contributed by atoms with Gasteiger partial charge in [-0.2, -0.15) is 0 Å². The normalized spacial score (nSPS) is 12.9. The first kappa shape index (κ1) is 12.0. The minimum Gasteiger partial charge on any atom is -0.492 e. The molecule has 0 saturated carbocycles. The summed E-state index contributed by atoms with van der Waals surface area (Å²) < 4.78 is 5.63. The zero-order valence-corrected chi connectivity index (χ0v) is 11.2. The largest absolute Gasteiger partial charge is 0.492 e. The van der Waals surface area contributed by atoms with Gasteiger partial charge in [0.1, 0.15) is 5.75 Å². The molecule has 0 amide bonds. The van der Waals surface area contributed by atoms with Gasteiger partial charge in [0.25, 0.3) is 0 Å². The van der Waals surface area contributed by atoms with E-state index in [0.717, 1.165) is 34.4 Å². The quantitative estimate of drug-likeness (QED) is 0.765. The lowest BCUT2D eigenvalue weighted by atomic mass is 9.93. The molecule has 2 nitrogen and oxygen atoms in total. The van der Waals surface area contributed by atoms with Crippen molar-refractivity contribution in [3.05, 3.63) is 64.2 Å². The predicted octanol–water partition coefficient (Wildman–Crippen LogP) is 3.47. The number of carbonyl (C=O) groups is 1. The summed E-state index contributed by atoms with van der Waals surface area (Å²) in [5, 5.41) is 0. The van der Waals surface area contributed by atoms with Crippen molar-refractivity contribution >= 4 is 5.78 Å². The summed E-state index contributed by atoms with van der Waals surface area (Å²) in [6.45, 7) is 4.63. The second-order valence-corrected chi connectivity index (χ2v) is 4.99. The number of para-hydroxylation sites is 1. The molecule has 2 aromatic carbocycles. The van der Waals surface area contributed by atoms with E-state index in [2.05, 4.69) is 0 Å². The first-order valence-electron chi connectivity index (χ1n) is 6.54. The van der Waals surface area contributed by atoms with Crippen LogP contribution < -0.4 is 4.74 Å². The van der Waals surface area contributed by atoms with Crippen molar-refractivity contribution in [2.75, 3.05) is 6.61 Å². The van der Waals surface area contributed by atoms with Crippen molar-refractivity contribution in [2.45, 2.75) is 20.3 Å². The van der Waals surface area contributed by atoms with E-state index in [1.165, 1.54) is 0 Å². The number of aryl methyl sites for hydroxylation is 2. The predicted molar refractivity (Wildman–Crippen MR) is 75.0 cm³/mol. The molecule has 1 aliphatic rings. The fraction of sp³-hybridized carbons (Fsp3) is 0.235. The highest BCUT2D eigenvalue weighted by Gasteiger charge is 2.23. The Labute approximate surface area is 113 Å². The van der Waals surface area contributed by atoms with Crippen LogP contribution in [0.5, 0.6) is 5.75 Å². The van der Waals surface area contributed by atoms with Gasteiger partial charge in [0, 0.05) is 12.0 Å². The molecule has 0 fully saturated rings. The summed E-state index contributed by atoms with van der Waals surface area (Å²) in [5.74, 6) is 0.838. The maximum atomic E-state index is 12.8. The lowest BCUT2D eigenvalue weighted by Crippen LogP contribution is -2.07. The number of rotatable bonds is 2. The van der Waals surface area contributed by atoms with Gasteiger partial charge >= 0.3 is 0 Å². The van der Waals surface area contributed by atoms with Crippen LogP contribution in [0.15, 0.2) is 36.4 Å². The van der Waals surface area contributed by atoms with Crippen molar-refractivity contribution in [1.29, 1.82) is 0 Å². The van der Waals surface area contributed by atoms with E-state index in [9.17, 15) is 4.79 Å². The Hall–Kier alpha value is -2.09. The summed E-state index contributed by atoms with van der Waals surface area (Å²) in [7, 11) is 0. The molecule has 0 spiro atoms. The fourth-order valence-corrected chi connectivity index (χ4v) is 2.70. The highest BCUT2D eigenvalue weighted by molar-refractivity contribution is 6.12. The third-order valence-electron chi connectivity index (χ3n) is 3.67. The molecule has 0 atom stereocenters. The van der Waals surface area contributed by atoms with Gasteiger partial charge in [-0.25, -0.2) is 0 Å². The molecule has 1 aliphatic heterocycles. The Morgan fingerprint density at radius 3 is 2.47 bits per heavy atom. The van der Waals surface area contributed by atoms with Gasteiger partial charge in [0.05, 0.1) is 12.2 Å². The third-order valence-corrected chi connectivity index (χ3v) is 3.67. The smallest absolute Gasteiger partial charge is 0.197 e. The van der Waals surface area contributed by atoms with Crippen molar-refractivity contribution < 1.29 is 9.53 Å². The number of benzene rings is 2. The molecule has 1 heterocycles. The molecule has 3 rings (SSSR count). The Morgan fingerprint density at radius 2 is 1.74 bits per heavy atom. The average Bonchev–Trinajstić information content (AvgIpc) is 2.86. The van der Waals surface area contributed by atoms with Crippen LogP contribution in [-0.2, 0) is 6.42 Å². The van der Waals surface area contributed by atoms with Gasteiger partial charge in [0.2, 0.25) is 0 Å². The van der Waals surface area contributed by atoms with Crippen LogP contribution in [0.3, 0.4) is 0 Å². The average molecular weight is 252 g/mol. The van der Waals surface area contributed by atoms with Gasteiger partial charge in [-0.1, -0.05) is 30.3 Å². The van der Waals surface area contributed by atoms with Crippen LogP contribution in [0.2, 0.25) is 0 Å². The second kappa shape index (κ2) is 4.54. The second-order valence-electron chi connectivity index (χ2n) is 4.99. The molecule has 19 heavy (non-hydrogen) atoms. The molecule has 0 N–H and O–H groups in total. The summed E-state index contributed by atoms with van der Waals surface area (Å²) >= 11 is 0. The Morgan fingerprint density at radius 1 is 1.05 bits per heavy atom. The molecular formula is C17H16O2. The zero-order chi connectivity index (χ0) is 13.4. The molecule has 0 saturated heterocycles. The number of hydrogen-bond acceptors (Lipinski definition) is 2. The van der Waals surface area contributed by atoms with Crippen molar-refractivity contribution in [2.24, 2.45) is 0 Å². The van der Waals surface area contributed by atoms with E-state index < -0.39 is 0 Å². The molecule has 0 unspecified atom stereocenters. The molecule has 0 aliphatic carbocycles. The van der Waals surface area contributed by atoms with E-state index in [0.29, 0.717) is 12.2 Å². The van der Waals surface area contributed by atoms with E-state index >= 15 is 0 Å². The number of ketones is 1. The van der Waals surface area contributed by atoms with Crippen LogP contribution in [0.1, 0.15) is 32.6 Å². The highest BCUT2D eigenvalue weighted by Crippen LogP contribution is 2.32. The molecule has 2 heteroatoms. The standard InChI is InChI=1S/C17H16O2/c1-11-5-3-6-12(2)15(11)16(18)14-8-4-7-13-9-10-19-17(13)14/h3-8H,9-10H2,1-2H3. The highest BCUT2D eigenvalue weighted by atomic mass is 16.5. The molecule has 0 radical (unpaired) electrons. The summed E-state index contributed by atoms with van der Waals surface area (Å²) in [4.78, 5) is 12.8. The van der Waals surface area contributed by atoms with E-state index in [1.807, 2.05) is 50.2 Å². The van der Waals surface area contributed by atoms with E-state index in [1.54, 1.807) is 0 Å². The first-order valence-corrected chi connectivity index (χ1v) is 6.54. The fourth-order valence-electron chi connectivity index (χ4n) is 2.70. The molecule has 0 aromatic heterocycles. The summed E-state index contributed by atoms with van der Waals surface area (Å²) in [5.41, 5.74) is 4.65. The Balaban J connectivity index is 2.13. The van der Waals surface area contributed by atoms with Crippen molar-refractivity contribution in [3.8, 4) is 5.75 Å². The summed E-state index contributed by atoms with van der Waals surface area (Å²) in [6, 6.07) is 11.8. The van der Waals surface area contributed by atoms with Gasteiger partial charge in [0.15, 0.2) is 5.78 Å². The number of hydrogen-bond donors (Lipinski definition) is 0. The SMILES string of the molecule is Cc1cccc(C)c1C(=O)c1cccc2c1OCC2. The minimum atomic E-state index is 0.0642. The van der Waals surface area contributed by atoms with Crippen molar-refractivity contribution in [1.82, 2.24) is 0 Å². The molecular weight excluding hydrogens is 236 g/mol. The van der Waals surface area contributed by atoms with E-state index in [4.69, 9.17) is 4.74 Å². The van der Waals surface area contributed by atoms with Gasteiger partial charge < -0.3 is 4.74 Å².